The largest absolute Gasteiger partial charge is 0.504 e. The number of nitrogens with zero attached hydrogens (tertiary/aromatic N) is 1. The van der Waals surface area contributed by atoms with Crippen molar-refractivity contribution in [2.24, 2.45) is 10.9 Å². The number of aromatic hydroxyl groups is 1. The van der Waals surface area contributed by atoms with Crippen molar-refractivity contribution in [3.05, 3.63) is 50.4 Å². The molecule has 126 valence electrons. The number of phenols is 1. The smallest absolute Gasteiger partial charge is 0.313 e. The number of halogens is 3. The van der Waals surface area contributed by atoms with Crippen LogP contribution in [0.5, 0.6) is 11.5 Å². The van der Waals surface area contributed by atoms with Crippen molar-refractivity contribution in [1.29, 1.82) is 0 Å². The first-order valence-corrected chi connectivity index (χ1v) is 8.55. The monoisotopic (exact) mass is 429 g/mol. The van der Waals surface area contributed by atoms with E-state index in [1.165, 1.54) is 12.3 Å². The van der Waals surface area contributed by atoms with Crippen LogP contribution in [0.15, 0.2) is 39.8 Å². The van der Waals surface area contributed by atoms with Gasteiger partial charge in [-0.3, -0.25) is 9.79 Å². The van der Waals surface area contributed by atoms with E-state index in [1.54, 1.807) is 38.1 Å². The van der Waals surface area contributed by atoms with Gasteiger partial charge in [-0.2, -0.15) is 0 Å². The Morgan fingerprint density at radius 2 is 1.83 bits per heavy atom. The number of carbonyl (C=O) groups excluding carboxylic acids is 1. The first-order chi connectivity index (χ1) is 11.3. The van der Waals surface area contributed by atoms with Crippen molar-refractivity contribution in [1.82, 2.24) is 0 Å². The molecule has 0 fully saturated rings. The molecule has 4 nitrogen and oxygen atoms in total. The minimum Gasteiger partial charge on any atom is -0.504 e. The highest BCUT2D eigenvalue weighted by Gasteiger charge is 2.16. The van der Waals surface area contributed by atoms with Gasteiger partial charge in [-0.25, -0.2) is 0 Å². The molecule has 0 amide bonds. The van der Waals surface area contributed by atoms with Gasteiger partial charge >= 0.3 is 5.97 Å². The number of carbonyl (C=O) groups is 1. The molecule has 0 aliphatic rings. The summed E-state index contributed by atoms with van der Waals surface area (Å²) in [6.45, 7) is 3.42. The van der Waals surface area contributed by atoms with Gasteiger partial charge in [0.05, 0.1) is 11.6 Å². The average Bonchev–Trinajstić information content (AvgIpc) is 2.46. The fourth-order valence-electron chi connectivity index (χ4n) is 1.78. The minimum absolute atomic E-state index is 0.0498. The third-order valence-corrected chi connectivity index (χ3v) is 3.83. The topological polar surface area (TPSA) is 58.9 Å². The number of aliphatic imine (C=N–C) groups is 1. The first-order valence-electron chi connectivity index (χ1n) is 7.00. The van der Waals surface area contributed by atoms with E-state index in [4.69, 9.17) is 27.9 Å². The average molecular weight is 431 g/mol. The Labute approximate surface area is 158 Å². The van der Waals surface area contributed by atoms with Crippen LogP contribution in [-0.4, -0.2) is 17.3 Å². The molecule has 0 bridgehead atoms. The Balaban J connectivity index is 2.41. The molecule has 0 aliphatic heterocycles. The predicted octanol–water partition coefficient (Wildman–Crippen LogP) is 5.77. The van der Waals surface area contributed by atoms with E-state index in [9.17, 15) is 9.90 Å². The van der Waals surface area contributed by atoms with Crippen LogP contribution in [0, 0.1) is 5.92 Å². The van der Waals surface area contributed by atoms with E-state index in [2.05, 4.69) is 20.9 Å². The van der Waals surface area contributed by atoms with Gasteiger partial charge in [0.15, 0.2) is 11.5 Å². The molecule has 0 heterocycles. The van der Waals surface area contributed by atoms with Crippen LogP contribution in [0.25, 0.3) is 0 Å². The van der Waals surface area contributed by atoms with Gasteiger partial charge < -0.3 is 9.84 Å². The fourth-order valence-corrected chi connectivity index (χ4v) is 2.76. The van der Waals surface area contributed by atoms with Gasteiger partial charge in [-0.15, -0.1) is 0 Å². The van der Waals surface area contributed by atoms with E-state index in [0.29, 0.717) is 25.8 Å². The minimum atomic E-state index is -0.451. The summed E-state index contributed by atoms with van der Waals surface area (Å²) in [6.07, 6.45) is 1.47. The summed E-state index contributed by atoms with van der Waals surface area (Å²) in [5.41, 5.74) is 0.972. The maximum atomic E-state index is 11.8. The van der Waals surface area contributed by atoms with E-state index >= 15 is 0 Å². The van der Waals surface area contributed by atoms with Crippen LogP contribution < -0.4 is 4.74 Å². The Hall–Kier alpha value is -1.56. The second-order valence-electron chi connectivity index (χ2n) is 5.30. The zero-order valence-corrected chi connectivity index (χ0v) is 16.0. The zero-order chi connectivity index (χ0) is 17.9. The lowest BCUT2D eigenvalue weighted by Gasteiger charge is -2.11. The molecule has 0 spiro atoms. The summed E-state index contributed by atoms with van der Waals surface area (Å²) in [6, 6.07) is 8.00. The summed E-state index contributed by atoms with van der Waals surface area (Å²) >= 11 is 15.2. The van der Waals surface area contributed by atoms with Gasteiger partial charge in [0.25, 0.3) is 0 Å². The lowest BCUT2D eigenvalue weighted by molar-refractivity contribution is -0.137. The van der Waals surface area contributed by atoms with Crippen LogP contribution in [0.2, 0.25) is 10.0 Å². The van der Waals surface area contributed by atoms with Gasteiger partial charge in [0.1, 0.15) is 0 Å². The predicted molar refractivity (Wildman–Crippen MR) is 100.0 cm³/mol. The van der Waals surface area contributed by atoms with Crippen molar-refractivity contribution >= 4 is 57.0 Å². The number of benzene rings is 2. The van der Waals surface area contributed by atoms with Crippen LogP contribution in [-0.2, 0) is 4.79 Å². The molecule has 0 unspecified atom stereocenters. The van der Waals surface area contributed by atoms with Crippen LogP contribution >= 0.6 is 39.1 Å². The second kappa shape index (κ2) is 8.01. The number of rotatable bonds is 4. The number of hydrogen-bond donors (Lipinski definition) is 1. The van der Waals surface area contributed by atoms with Gasteiger partial charge in [0, 0.05) is 26.3 Å². The van der Waals surface area contributed by atoms with Crippen molar-refractivity contribution in [3.63, 3.8) is 0 Å². The van der Waals surface area contributed by atoms with Crippen molar-refractivity contribution in [2.75, 3.05) is 0 Å². The number of hydrogen-bond acceptors (Lipinski definition) is 4. The molecule has 2 aromatic carbocycles. The van der Waals surface area contributed by atoms with Crippen LogP contribution in [0.4, 0.5) is 5.69 Å². The number of ether oxygens (including phenoxy) is 1. The molecule has 0 radical (unpaired) electrons. The summed E-state index contributed by atoms with van der Waals surface area (Å²) in [4.78, 5) is 16.1. The fraction of sp³-hybridized carbons (Fsp3) is 0.176. The Morgan fingerprint density at radius 3 is 2.42 bits per heavy atom. The van der Waals surface area contributed by atoms with E-state index in [0.717, 1.165) is 0 Å². The van der Waals surface area contributed by atoms with E-state index < -0.39 is 5.97 Å². The third kappa shape index (κ3) is 4.97. The molecule has 0 saturated heterocycles. The van der Waals surface area contributed by atoms with Gasteiger partial charge in [-0.05, 0) is 30.3 Å². The third-order valence-electron chi connectivity index (χ3n) is 2.94. The Kier molecular flexibility index (Phi) is 6.27. The van der Waals surface area contributed by atoms with Crippen molar-refractivity contribution < 1.29 is 14.6 Å². The lowest BCUT2D eigenvalue weighted by atomic mass is 10.2. The van der Waals surface area contributed by atoms with E-state index in [-0.39, 0.29) is 17.4 Å². The second-order valence-corrected chi connectivity index (χ2v) is 7.09. The molecule has 2 rings (SSSR count). The first kappa shape index (κ1) is 18.8. The lowest BCUT2D eigenvalue weighted by Crippen LogP contribution is -2.15. The molecule has 0 saturated carbocycles. The van der Waals surface area contributed by atoms with Crippen molar-refractivity contribution in [3.8, 4) is 11.5 Å². The highest BCUT2D eigenvalue weighted by atomic mass is 79.9. The molecule has 1 N–H and O–H groups in total. The summed E-state index contributed by atoms with van der Waals surface area (Å²) in [7, 11) is 0. The molecule has 0 aliphatic carbocycles. The normalized spacial score (nSPS) is 11.2. The molecule has 0 aromatic heterocycles. The highest BCUT2D eigenvalue weighted by molar-refractivity contribution is 9.10. The number of esters is 1. The zero-order valence-electron chi connectivity index (χ0n) is 12.9. The van der Waals surface area contributed by atoms with Gasteiger partial charge in [-0.1, -0.05) is 53.0 Å². The molecule has 7 heteroatoms. The van der Waals surface area contributed by atoms with Crippen LogP contribution in [0.1, 0.15) is 19.4 Å². The maximum Gasteiger partial charge on any atom is 0.313 e. The Bertz CT molecular complexity index is 786. The molecule has 24 heavy (non-hydrogen) atoms. The highest BCUT2D eigenvalue weighted by Crippen LogP contribution is 2.34. The molecule has 2 aromatic rings. The van der Waals surface area contributed by atoms with Crippen LogP contribution in [0.3, 0.4) is 0 Å². The SMILES string of the molecule is CC(C)C(=O)Oc1c(O)cc(Br)cc1C=Nc1cc(Cl)cc(Cl)c1. The maximum absolute atomic E-state index is 11.8. The Morgan fingerprint density at radius 1 is 1.21 bits per heavy atom. The molecular formula is C17H14BrCl2NO3. The standard InChI is InChI=1S/C17H14BrCl2NO3/c1-9(2)17(23)24-16-10(3-11(18)4-15(16)22)8-21-14-6-12(19)5-13(20)7-14/h3-9,22H,1-2H3. The summed E-state index contributed by atoms with van der Waals surface area (Å²) in [5.74, 6) is -0.893. The van der Waals surface area contributed by atoms with Gasteiger partial charge in [0.2, 0.25) is 0 Å². The van der Waals surface area contributed by atoms with Crippen molar-refractivity contribution in [2.45, 2.75) is 13.8 Å². The summed E-state index contributed by atoms with van der Waals surface area (Å²) < 4.78 is 5.90. The summed E-state index contributed by atoms with van der Waals surface area (Å²) in [5, 5.41) is 11.0. The van der Waals surface area contributed by atoms with E-state index in [1.807, 2.05) is 0 Å². The molecular weight excluding hydrogens is 417 g/mol. The quantitative estimate of drug-likeness (QED) is 0.380. The molecule has 0 atom stereocenters. The number of phenolic OH excluding ortho intramolecular Hbond substituents is 1.